The third kappa shape index (κ3) is 3.91. The van der Waals surface area contributed by atoms with Crippen molar-refractivity contribution in [2.75, 3.05) is 0 Å². The van der Waals surface area contributed by atoms with Gasteiger partial charge in [0, 0.05) is 28.9 Å². The number of benzene rings is 2. The zero-order chi connectivity index (χ0) is 20.8. The van der Waals surface area contributed by atoms with Crippen LogP contribution in [0.2, 0.25) is 10.0 Å². The topological polar surface area (TPSA) is 63.5 Å². The molecule has 0 saturated heterocycles. The molecule has 0 bridgehead atoms. The van der Waals surface area contributed by atoms with Gasteiger partial charge in [-0.15, -0.1) is 0 Å². The van der Waals surface area contributed by atoms with Gasteiger partial charge in [0.05, 0.1) is 15.7 Å². The number of rotatable bonds is 5. The van der Waals surface area contributed by atoms with Crippen LogP contribution in [0, 0.1) is 12.7 Å². The van der Waals surface area contributed by atoms with E-state index in [-0.39, 0.29) is 27.3 Å². The van der Waals surface area contributed by atoms with Crippen LogP contribution in [0.3, 0.4) is 0 Å². The van der Waals surface area contributed by atoms with E-state index in [2.05, 4.69) is 9.71 Å². The van der Waals surface area contributed by atoms with Gasteiger partial charge in [-0.2, -0.15) is 0 Å². The number of halogens is 3. The van der Waals surface area contributed by atoms with Crippen molar-refractivity contribution in [3.8, 4) is 11.3 Å². The summed E-state index contributed by atoms with van der Waals surface area (Å²) < 4.78 is 42.8. The van der Waals surface area contributed by atoms with Crippen LogP contribution in [0.25, 0.3) is 16.2 Å². The molecule has 0 aliphatic carbocycles. The summed E-state index contributed by atoms with van der Waals surface area (Å²) in [4.78, 5) is 6.04. The van der Waals surface area contributed by atoms with Crippen molar-refractivity contribution in [2.45, 2.75) is 18.4 Å². The van der Waals surface area contributed by atoms with Gasteiger partial charge in [-0.1, -0.05) is 40.6 Å². The molecule has 0 atom stereocenters. The molecule has 5 nitrogen and oxygen atoms in total. The quantitative estimate of drug-likeness (QED) is 0.431. The van der Waals surface area contributed by atoms with Crippen LogP contribution >= 0.6 is 34.5 Å². The Bertz CT molecular complexity index is 1320. The number of fused-ring (bicyclic) bond motifs is 1. The van der Waals surface area contributed by atoms with Crippen molar-refractivity contribution in [1.82, 2.24) is 14.1 Å². The molecule has 4 rings (SSSR count). The maximum Gasteiger partial charge on any atom is 0.242 e. The summed E-state index contributed by atoms with van der Waals surface area (Å²) >= 11 is 13.3. The highest BCUT2D eigenvalue weighted by Crippen LogP contribution is 2.30. The molecule has 2 aromatic carbocycles. The summed E-state index contributed by atoms with van der Waals surface area (Å²) in [6.07, 6.45) is 1.85. The zero-order valence-corrected chi connectivity index (χ0v) is 18.1. The molecule has 10 heteroatoms. The summed E-state index contributed by atoms with van der Waals surface area (Å²) in [7, 11) is -3.83. The van der Waals surface area contributed by atoms with E-state index in [4.69, 9.17) is 23.2 Å². The number of sulfonamides is 1. The highest BCUT2D eigenvalue weighted by atomic mass is 35.5. The second kappa shape index (κ2) is 7.70. The molecule has 0 aliphatic heterocycles. The second-order valence-electron chi connectivity index (χ2n) is 6.27. The Morgan fingerprint density at radius 3 is 2.59 bits per heavy atom. The Kier molecular flexibility index (Phi) is 5.39. The molecule has 0 aliphatic rings. The van der Waals surface area contributed by atoms with Crippen LogP contribution in [-0.4, -0.2) is 17.8 Å². The number of nitrogens with zero attached hydrogens (tertiary/aromatic N) is 2. The van der Waals surface area contributed by atoms with E-state index in [9.17, 15) is 12.8 Å². The van der Waals surface area contributed by atoms with E-state index < -0.39 is 10.0 Å². The van der Waals surface area contributed by atoms with Crippen LogP contribution < -0.4 is 4.72 Å². The lowest BCUT2D eigenvalue weighted by molar-refractivity contribution is 0.581. The Hall–Kier alpha value is -1.97. The summed E-state index contributed by atoms with van der Waals surface area (Å²) in [5.41, 5.74) is 2.39. The van der Waals surface area contributed by atoms with Gasteiger partial charge in [0.1, 0.15) is 10.7 Å². The molecule has 150 valence electrons. The molecular formula is C19H14Cl2FN3O2S2. The molecule has 0 spiro atoms. The van der Waals surface area contributed by atoms with Crippen molar-refractivity contribution in [1.29, 1.82) is 0 Å². The largest absolute Gasteiger partial charge is 0.294 e. The van der Waals surface area contributed by atoms with Crippen LogP contribution in [0.1, 0.15) is 10.6 Å². The first-order chi connectivity index (χ1) is 13.8. The van der Waals surface area contributed by atoms with E-state index >= 15 is 0 Å². The summed E-state index contributed by atoms with van der Waals surface area (Å²) in [5, 5.41) is 0.164. The molecular weight excluding hydrogens is 456 g/mol. The van der Waals surface area contributed by atoms with Crippen molar-refractivity contribution in [3.05, 3.63) is 75.1 Å². The first kappa shape index (κ1) is 20.3. The molecule has 2 heterocycles. The minimum atomic E-state index is -3.83. The summed E-state index contributed by atoms with van der Waals surface area (Å²) in [5.74, 6) is -0.305. The molecule has 0 amide bonds. The van der Waals surface area contributed by atoms with Gasteiger partial charge in [0.2, 0.25) is 10.0 Å². The van der Waals surface area contributed by atoms with Crippen LogP contribution in [0.5, 0.6) is 0 Å². The van der Waals surface area contributed by atoms with E-state index in [0.29, 0.717) is 0 Å². The third-order valence-electron chi connectivity index (χ3n) is 4.42. The first-order valence-electron chi connectivity index (χ1n) is 8.43. The number of hydrogen-bond donors (Lipinski definition) is 1. The van der Waals surface area contributed by atoms with Crippen LogP contribution in [0.15, 0.2) is 53.6 Å². The summed E-state index contributed by atoms with van der Waals surface area (Å²) in [6, 6.07) is 10.6. The van der Waals surface area contributed by atoms with Crippen LogP contribution in [-0.2, 0) is 16.6 Å². The molecule has 0 unspecified atom stereocenters. The summed E-state index contributed by atoms with van der Waals surface area (Å²) in [6.45, 7) is 1.98. The first-order valence-corrected chi connectivity index (χ1v) is 11.5. The fourth-order valence-corrected chi connectivity index (χ4v) is 5.74. The number of hydrogen-bond acceptors (Lipinski definition) is 4. The predicted molar refractivity (Wildman–Crippen MR) is 114 cm³/mol. The average molecular weight is 470 g/mol. The third-order valence-corrected chi connectivity index (χ3v) is 7.95. The predicted octanol–water partition coefficient (Wildman–Crippen LogP) is 5.30. The fraction of sp³-hybridized carbons (Fsp3) is 0.105. The Labute approximate surface area is 180 Å². The number of nitrogens with one attached hydrogen (secondary N) is 1. The van der Waals surface area contributed by atoms with E-state index in [0.717, 1.165) is 26.8 Å². The zero-order valence-electron chi connectivity index (χ0n) is 15.0. The van der Waals surface area contributed by atoms with Crippen molar-refractivity contribution in [3.63, 3.8) is 0 Å². The standard InChI is InChI=1S/C19H14Cl2FN3O2S2/c1-11-16(9-23-29(26,27)17-4-2-3-14(20)18(17)21)28-19-24-15(10-25(11)19)12-5-7-13(22)8-6-12/h2-8,10,23H,9H2,1H3. The maximum atomic E-state index is 13.1. The molecule has 29 heavy (non-hydrogen) atoms. The SMILES string of the molecule is Cc1c(CNS(=O)(=O)c2cccc(Cl)c2Cl)sc2nc(-c3ccc(F)cc3)cn12. The number of thiazole rings is 1. The average Bonchev–Trinajstić information content (AvgIpc) is 3.22. The minimum absolute atomic E-state index is 0.0108. The molecule has 0 saturated carbocycles. The molecule has 0 radical (unpaired) electrons. The molecule has 2 aromatic heterocycles. The molecule has 4 aromatic rings. The van der Waals surface area contributed by atoms with Gasteiger partial charge in [-0.3, -0.25) is 4.40 Å². The number of imidazole rings is 1. The number of aromatic nitrogens is 2. The lowest BCUT2D eigenvalue weighted by Gasteiger charge is -2.08. The van der Waals surface area contributed by atoms with Crippen molar-refractivity contribution >= 4 is 49.5 Å². The molecule has 0 fully saturated rings. The molecule has 1 N–H and O–H groups in total. The lowest BCUT2D eigenvalue weighted by Crippen LogP contribution is -2.23. The van der Waals surface area contributed by atoms with E-state index in [1.807, 2.05) is 17.5 Å². The van der Waals surface area contributed by atoms with E-state index in [1.165, 1.54) is 41.7 Å². The van der Waals surface area contributed by atoms with Gasteiger partial charge in [0.25, 0.3) is 0 Å². The van der Waals surface area contributed by atoms with Gasteiger partial charge in [0.15, 0.2) is 4.96 Å². The monoisotopic (exact) mass is 469 g/mol. The van der Waals surface area contributed by atoms with Gasteiger partial charge >= 0.3 is 0 Å². The Morgan fingerprint density at radius 2 is 1.90 bits per heavy atom. The fourth-order valence-electron chi connectivity index (χ4n) is 2.85. The Morgan fingerprint density at radius 1 is 1.17 bits per heavy atom. The Balaban J connectivity index is 1.59. The van der Waals surface area contributed by atoms with Crippen molar-refractivity contribution in [2.24, 2.45) is 0 Å². The number of aryl methyl sites for hydroxylation is 1. The second-order valence-corrected chi connectivity index (χ2v) is 9.86. The van der Waals surface area contributed by atoms with Gasteiger partial charge in [-0.05, 0) is 43.3 Å². The van der Waals surface area contributed by atoms with Gasteiger partial charge < -0.3 is 0 Å². The lowest BCUT2D eigenvalue weighted by atomic mass is 10.2. The highest BCUT2D eigenvalue weighted by molar-refractivity contribution is 7.89. The smallest absolute Gasteiger partial charge is 0.242 e. The highest BCUT2D eigenvalue weighted by Gasteiger charge is 2.21. The van der Waals surface area contributed by atoms with Crippen molar-refractivity contribution < 1.29 is 12.8 Å². The minimum Gasteiger partial charge on any atom is -0.294 e. The van der Waals surface area contributed by atoms with Crippen LogP contribution in [0.4, 0.5) is 4.39 Å². The maximum absolute atomic E-state index is 13.1. The normalized spacial score (nSPS) is 12.0. The van der Waals surface area contributed by atoms with Gasteiger partial charge in [-0.25, -0.2) is 22.5 Å². The van der Waals surface area contributed by atoms with E-state index in [1.54, 1.807) is 12.1 Å².